The molecule has 0 radical (unpaired) electrons. The van der Waals surface area contributed by atoms with Crippen LogP contribution < -0.4 is 4.74 Å². The summed E-state index contributed by atoms with van der Waals surface area (Å²) in [7, 11) is 3.43. The number of hydrogen-bond acceptors (Lipinski definition) is 6. The third-order valence-corrected chi connectivity index (χ3v) is 5.69. The number of methoxy groups -OCH3 is 1. The van der Waals surface area contributed by atoms with Gasteiger partial charge in [-0.05, 0) is 49.7 Å². The van der Waals surface area contributed by atoms with E-state index in [0.29, 0.717) is 12.3 Å². The molecular formula is C22H28N4O3S. The highest BCUT2D eigenvalue weighted by atomic mass is 32.2. The number of aryl methyl sites for hydroxylation is 1. The first kappa shape index (κ1) is 22.0. The first-order valence-electron chi connectivity index (χ1n) is 10.0. The normalized spacial score (nSPS) is 10.9. The zero-order chi connectivity index (χ0) is 21.5. The van der Waals surface area contributed by atoms with E-state index in [9.17, 15) is 4.79 Å². The summed E-state index contributed by atoms with van der Waals surface area (Å²) in [6.45, 7) is 5.31. The number of aromatic nitrogens is 3. The highest BCUT2D eigenvalue weighted by Gasteiger charge is 2.17. The van der Waals surface area contributed by atoms with Crippen LogP contribution in [-0.4, -0.2) is 45.5 Å². The van der Waals surface area contributed by atoms with Gasteiger partial charge in [-0.1, -0.05) is 25.1 Å². The number of hydrogen-bond donors (Lipinski definition) is 0. The second-order valence-corrected chi connectivity index (χ2v) is 8.03. The minimum absolute atomic E-state index is 0.0186. The van der Waals surface area contributed by atoms with Gasteiger partial charge in [0, 0.05) is 19.2 Å². The topological polar surface area (TPSA) is 73.4 Å². The number of nitrogens with zero attached hydrogens (tertiary/aromatic N) is 4. The summed E-state index contributed by atoms with van der Waals surface area (Å²) in [5, 5.41) is 9.52. The van der Waals surface area contributed by atoms with Crippen LogP contribution in [0.3, 0.4) is 0 Å². The third-order valence-electron chi connectivity index (χ3n) is 4.74. The number of amides is 1. The van der Waals surface area contributed by atoms with E-state index in [1.165, 1.54) is 11.8 Å². The number of furan rings is 1. The average Bonchev–Trinajstić information content (AvgIpc) is 3.35. The molecule has 0 saturated heterocycles. The summed E-state index contributed by atoms with van der Waals surface area (Å²) in [5.74, 6) is 3.54. The van der Waals surface area contributed by atoms with Crippen LogP contribution >= 0.6 is 11.8 Å². The van der Waals surface area contributed by atoms with E-state index in [-0.39, 0.29) is 5.91 Å². The second-order valence-electron chi connectivity index (χ2n) is 7.09. The number of thioether (sulfide) groups is 1. The Morgan fingerprint density at radius 2 is 1.97 bits per heavy atom. The van der Waals surface area contributed by atoms with Gasteiger partial charge in [0.1, 0.15) is 17.3 Å². The molecule has 0 bridgehead atoms. The molecule has 8 heteroatoms. The number of unbranched alkanes of at least 4 members (excludes halogenated alkanes) is 1. The Bertz CT molecular complexity index is 965. The molecule has 0 atom stereocenters. The molecule has 3 rings (SSSR count). The Labute approximate surface area is 181 Å². The summed E-state index contributed by atoms with van der Waals surface area (Å²) < 4.78 is 12.9. The summed E-state index contributed by atoms with van der Waals surface area (Å²) in [5.41, 5.74) is 0.975. The first-order chi connectivity index (χ1) is 14.5. The SMILES string of the molecule is CCCCn1c(SCC(=O)N(C)Cc2ccc(C)o2)nnc1-c1ccc(OC)cc1. The first-order valence-corrected chi connectivity index (χ1v) is 11.0. The molecule has 1 amide bonds. The molecule has 3 aromatic rings. The number of ether oxygens (including phenoxy) is 1. The molecular weight excluding hydrogens is 400 g/mol. The lowest BCUT2D eigenvalue weighted by molar-refractivity contribution is -0.127. The lowest BCUT2D eigenvalue weighted by atomic mass is 10.2. The van der Waals surface area contributed by atoms with Crippen LogP contribution in [0.25, 0.3) is 11.4 Å². The molecule has 160 valence electrons. The molecule has 30 heavy (non-hydrogen) atoms. The van der Waals surface area contributed by atoms with E-state index < -0.39 is 0 Å². The van der Waals surface area contributed by atoms with E-state index in [1.807, 2.05) is 43.3 Å². The monoisotopic (exact) mass is 428 g/mol. The summed E-state index contributed by atoms with van der Waals surface area (Å²) in [6.07, 6.45) is 2.08. The maximum absolute atomic E-state index is 12.6. The van der Waals surface area contributed by atoms with Crippen LogP contribution in [0.1, 0.15) is 31.3 Å². The van der Waals surface area contributed by atoms with Gasteiger partial charge < -0.3 is 18.6 Å². The molecule has 0 aliphatic rings. The highest BCUT2D eigenvalue weighted by Crippen LogP contribution is 2.26. The van der Waals surface area contributed by atoms with Crippen LogP contribution in [0.5, 0.6) is 5.75 Å². The zero-order valence-corrected chi connectivity index (χ0v) is 18.7. The minimum Gasteiger partial charge on any atom is -0.497 e. The van der Waals surface area contributed by atoms with Crippen molar-refractivity contribution < 1.29 is 13.9 Å². The third kappa shape index (κ3) is 5.44. The van der Waals surface area contributed by atoms with Crippen molar-refractivity contribution in [3.63, 3.8) is 0 Å². The van der Waals surface area contributed by atoms with Crippen LogP contribution in [0.2, 0.25) is 0 Å². The fourth-order valence-electron chi connectivity index (χ4n) is 3.00. The van der Waals surface area contributed by atoms with Crippen molar-refractivity contribution in [1.29, 1.82) is 0 Å². The Balaban J connectivity index is 1.69. The van der Waals surface area contributed by atoms with E-state index in [2.05, 4.69) is 21.7 Å². The molecule has 2 aromatic heterocycles. The second kappa shape index (κ2) is 10.3. The number of carbonyl (C=O) groups is 1. The van der Waals surface area contributed by atoms with Crippen LogP contribution in [0.15, 0.2) is 46.0 Å². The highest BCUT2D eigenvalue weighted by molar-refractivity contribution is 7.99. The van der Waals surface area contributed by atoms with Gasteiger partial charge in [-0.25, -0.2) is 0 Å². The lowest BCUT2D eigenvalue weighted by Crippen LogP contribution is -2.27. The Hall–Kier alpha value is -2.74. The van der Waals surface area contributed by atoms with Gasteiger partial charge in [0.15, 0.2) is 11.0 Å². The fourth-order valence-corrected chi connectivity index (χ4v) is 3.90. The molecule has 1 aromatic carbocycles. The van der Waals surface area contributed by atoms with Crippen LogP contribution in [-0.2, 0) is 17.9 Å². The Morgan fingerprint density at radius 1 is 1.20 bits per heavy atom. The van der Waals surface area contributed by atoms with Gasteiger partial charge in [0.2, 0.25) is 5.91 Å². The predicted octanol–water partition coefficient (Wildman–Crippen LogP) is 4.41. The maximum Gasteiger partial charge on any atom is 0.233 e. The maximum atomic E-state index is 12.6. The number of rotatable bonds is 10. The molecule has 0 aliphatic heterocycles. The van der Waals surface area contributed by atoms with Crippen LogP contribution in [0, 0.1) is 6.92 Å². The molecule has 2 heterocycles. The minimum atomic E-state index is 0.0186. The van der Waals surface area contributed by atoms with E-state index in [4.69, 9.17) is 9.15 Å². The Morgan fingerprint density at radius 3 is 2.60 bits per heavy atom. The molecule has 0 aliphatic carbocycles. The van der Waals surface area contributed by atoms with Gasteiger partial charge in [-0.2, -0.15) is 0 Å². The van der Waals surface area contributed by atoms with Gasteiger partial charge in [0.25, 0.3) is 0 Å². The van der Waals surface area contributed by atoms with Gasteiger partial charge >= 0.3 is 0 Å². The van der Waals surface area contributed by atoms with Gasteiger partial charge in [-0.3, -0.25) is 4.79 Å². The lowest BCUT2D eigenvalue weighted by Gasteiger charge is -2.15. The van der Waals surface area contributed by atoms with Crippen molar-refractivity contribution in [1.82, 2.24) is 19.7 Å². The largest absolute Gasteiger partial charge is 0.497 e. The van der Waals surface area contributed by atoms with Crippen molar-refractivity contribution in [2.24, 2.45) is 0 Å². The standard InChI is InChI=1S/C22H28N4O3S/c1-5-6-13-26-21(17-8-11-18(28-4)12-9-17)23-24-22(26)30-15-20(27)25(3)14-19-10-7-16(2)29-19/h7-12H,5-6,13-15H2,1-4H3. The zero-order valence-electron chi connectivity index (χ0n) is 17.9. The van der Waals surface area contributed by atoms with Gasteiger partial charge in [0.05, 0.1) is 19.4 Å². The summed E-state index contributed by atoms with van der Waals surface area (Å²) in [6, 6.07) is 11.6. The quantitative estimate of drug-likeness (QED) is 0.446. The van der Waals surface area contributed by atoms with E-state index >= 15 is 0 Å². The van der Waals surface area contributed by atoms with Crippen molar-refractivity contribution in [2.45, 2.75) is 44.9 Å². The average molecular weight is 429 g/mol. The summed E-state index contributed by atoms with van der Waals surface area (Å²) >= 11 is 1.42. The van der Waals surface area contributed by atoms with Gasteiger partial charge in [-0.15, -0.1) is 10.2 Å². The molecule has 0 unspecified atom stereocenters. The number of carbonyl (C=O) groups excluding carboxylic acids is 1. The molecule has 0 spiro atoms. The number of benzene rings is 1. The molecule has 0 fully saturated rings. The Kier molecular flexibility index (Phi) is 7.57. The fraction of sp³-hybridized carbons (Fsp3) is 0.409. The summed E-state index contributed by atoms with van der Waals surface area (Å²) in [4.78, 5) is 14.3. The molecule has 0 saturated carbocycles. The predicted molar refractivity (Wildman–Crippen MR) is 118 cm³/mol. The van der Waals surface area contributed by atoms with Crippen molar-refractivity contribution >= 4 is 17.7 Å². The van der Waals surface area contributed by atoms with Crippen molar-refractivity contribution in [2.75, 3.05) is 19.9 Å². The van der Waals surface area contributed by atoms with Crippen molar-refractivity contribution in [3.05, 3.63) is 47.9 Å². The van der Waals surface area contributed by atoms with Crippen LogP contribution in [0.4, 0.5) is 0 Å². The van der Waals surface area contributed by atoms with E-state index in [0.717, 1.165) is 53.2 Å². The van der Waals surface area contributed by atoms with Crippen molar-refractivity contribution in [3.8, 4) is 17.1 Å². The van der Waals surface area contributed by atoms with E-state index in [1.54, 1.807) is 19.1 Å². The smallest absolute Gasteiger partial charge is 0.233 e. The molecule has 7 nitrogen and oxygen atoms in total. The molecule has 0 N–H and O–H groups in total.